The van der Waals surface area contributed by atoms with Crippen LogP contribution in [0, 0.1) is 0 Å². The van der Waals surface area contributed by atoms with Crippen molar-refractivity contribution < 1.29 is 9.47 Å². The van der Waals surface area contributed by atoms with E-state index < -0.39 is 0 Å². The monoisotopic (exact) mass is 531 g/mol. The molecule has 3 rings (SSSR count). The third-order valence-electron chi connectivity index (χ3n) is 5.51. The Morgan fingerprint density at radius 1 is 1.23 bits per heavy atom. The van der Waals surface area contributed by atoms with Crippen LogP contribution < -0.4 is 15.5 Å². The standard InChI is InChI=1S/C22H37N5O2.HI/c1-23-22(25-10-7-14-28-18-20-8-6-15-29-20)26-17-19-9-11-24-21(16-19)27-12-4-2-3-5-13-27;/h9,11,16,20H,2-8,10,12-15,17-18H2,1H3,(H2,23,25,26);1H. The fourth-order valence-corrected chi connectivity index (χ4v) is 3.82. The minimum absolute atomic E-state index is 0. The summed E-state index contributed by atoms with van der Waals surface area (Å²) >= 11 is 0. The van der Waals surface area contributed by atoms with Crippen LogP contribution in [0.2, 0.25) is 0 Å². The summed E-state index contributed by atoms with van der Waals surface area (Å²) in [5.41, 5.74) is 1.22. The molecule has 3 heterocycles. The van der Waals surface area contributed by atoms with Gasteiger partial charge in [-0.2, -0.15) is 0 Å². The number of rotatable bonds is 9. The average molecular weight is 531 g/mol. The maximum atomic E-state index is 5.71. The summed E-state index contributed by atoms with van der Waals surface area (Å²) in [4.78, 5) is 11.3. The molecule has 0 aliphatic carbocycles. The molecule has 2 saturated heterocycles. The first-order valence-corrected chi connectivity index (χ1v) is 11.2. The molecule has 7 nitrogen and oxygen atoms in total. The Bertz CT molecular complexity index is 617. The largest absolute Gasteiger partial charge is 0.379 e. The van der Waals surface area contributed by atoms with Gasteiger partial charge < -0.3 is 25.0 Å². The number of guanidine groups is 1. The maximum absolute atomic E-state index is 5.71. The van der Waals surface area contributed by atoms with Crippen LogP contribution in [0.3, 0.4) is 0 Å². The van der Waals surface area contributed by atoms with Crippen LogP contribution in [0.15, 0.2) is 23.3 Å². The van der Waals surface area contributed by atoms with Gasteiger partial charge in [0.15, 0.2) is 5.96 Å². The van der Waals surface area contributed by atoms with Crippen molar-refractivity contribution in [1.82, 2.24) is 15.6 Å². The third kappa shape index (κ3) is 8.93. The quantitative estimate of drug-likeness (QED) is 0.221. The van der Waals surface area contributed by atoms with Crippen molar-refractivity contribution in [2.24, 2.45) is 4.99 Å². The minimum atomic E-state index is 0. The molecule has 2 N–H and O–H groups in total. The number of hydrogen-bond acceptors (Lipinski definition) is 5. The van der Waals surface area contributed by atoms with Crippen LogP contribution in [-0.2, 0) is 16.0 Å². The van der Waals surface area contributed by atoms with Gasteiger partial charge in [-0.1, -0.05) is 12.8 Å². The van der Waals surface area contributed by atoms with Crippen LogP contribution in [0.1, 0.15) is 50.5 Å². The van der Waals surface area contributed by atoms with E-state index >= 15 is 0 Å². The molecule has 1 aromatic heterocycles. The normalized spacial score (nSPS) is 19.8. The molecule has 0 radical (unpaired) electrons. The van der Waals surface area contributed by atoms with Gasteiger partial charge >= 0.3 is 0 Å². The van der Waals surface area contributed by atoms with E-state index in [1.54, 1.807) is 7.05 Å². The van der Waals surface area contributed by atoms with Gasteiger partial charge in [0.2, 0.25) is 0 Å². The molecule has 30 heavy (non-hydrogen) atoms. The van der Waals surface area contributed by atoms with Gasteiger partial charge in [-0.05, 0) is 49.8 Å². The van der Waals surface area contributed by atoms with Gasteiger partial charge in [0.1, 0.15) is 5.82 Å². The summed E-state index contributed by atoms with van der Waals surface area (Å²) in [5, 5.41) is 6.75. The summed E-state index contributed by atoms with van der Waals surface area (Å²) in [7, 11) is 1.80. The summed E-state index contributed by atoms with van der Waals surface area (Å²) in [6.07, 6.45) is 10.6. The first-order valence-electron chi connectivity index (χ1n) is 11.2. The molecule has 0 aromatic carbocycles. The second-order valence-corrected chi connectivity index (χ2v) is 7.84. The predicted molar refractivity (Wildman–Crippen MR) is 133 cm³/mol. The average Bonchev–Trinajstić information content (AvgIpc) is 3.12. The number of halogens is 1. The fraction of sp³-hybridized carbons (Fsp3) is 0.727. The first-order chi connectivity index (χ1) is 14.3. The van der Waals surface area contributed by atoms with Crippen LogP contribution in [0.4, 0.5) is 5.82 Å². The molecule has 0 amide bonds. The Morgan fingerprint density at radius 3 is 2.80 bits per heavy atom. The number of ether oxygens (including phenoxy) is 2. The number of hydrogen-bond donors (Lipinski definition) is 2. The van der Waals surface area contributed by atoms with Crippen LogP contribution >= 0.6 is 24.0 Å². The minimum Gasteiger partial charge on any atom is -0.379 e. The number of aliphatic imine (C=N–C) groups is 1. The van der Waals surface area contributed by atoms with Crippen LogP contribution in [0.25, 0.3) is 0 Å². The number of pyridine rings is 1. The summed E-state index contributed by atoms with van der Waals surface area (Å²) in [5.74, 6) is 1.91. The highest BCUT2D eigenvalue weighted by molar-refractivity contribution is 14.0. The Hall–Kier alpha value is -1.13. The highest BCUT2D eigenvalue weighted by Gasteiger charge is 2.15. The van der Waals surface area contributed by atoms with E-state index in [1.807, 2.05) is 6.20 Å². The molecule has 0 bridgehead atoms. The molecule has 1 unspecified atom stereocenters. The predicted octanol–water partition coefficient (Wildman–Crippen LogP) is 3.33. The lowest BCUT2D eigenvalue weighted by atomic mass is 10.2. The molecule has 1 aromatic rings. The number of aromatic nitrogens is 1. The molecule has 2 aliphatic rings. The van der Waals surface area contributed by atoms with Crippen molar-refractivity contribution in [3.05, 3.63) is 23.9 Å². The van der Waals surface area contributed by atoms with E-state index in [9.17, 15) is 0 Å². The van der Waals surface area contributed by atoms with Crippen molar-refractivity contribution in [2.75, 3.05) is 51.4 Å². The Labute approximate surface area is 198 Å². The molecule has 170 valence electrons. The summed E-state index contributed by atoms with van der Waals surface area (Å²) in [6.45, 7) is 6.14. The molecule has 2 fully saturated rings. The van der Waals surface area contributed by atoms with Crippen molar-refractivity contribution in [3.63, 3.8) is 0 Å². The zero-order valence-electron chi connectivity index (χ0n) is 18.3. The van der Waals surface area contributed by atoms with E-state index in [1.165, 1.54) is 31.2 Å². The highest BCUT2D eigenvalue weighted by atomic mass is 127. The van der Waals surface area contributed by atoms with Gasteiger partial charge in [-0.25, -0.2) is 4.98 Å². The second-order valence-electron chi connectivity index (χ2n) is 7.84. The number of nitrogens with one attached hydrogen (secondary N) is 2. The van der Waals surface area contributed by atoms with Crippen LogP contribution in [-0.4, -0.2) is 63.6 Å². The lowest BCUT2D eigenvalue weighted by Crippen LogP contribution is -2.37. The van der Waals surface area contributed by atoms with Gasteiger partial charge in [0, 0.05) is 52.6 Å². The second kappa shape index (κ2) is 14.8. The summed E-state index contributed by atoms with van der Waals surface area (Å²) in [6, 6.07) is 4.27. The topological polar surface area (TPSA) is 71.0 Å². The van der Waals surface area contributed by atoms with E-state index in [4.69, 9.17) is 9.47 Å². The Balaban J connectivity index is 0.00000320. The maximum Gasteiger partial charge on any atom is 0.191 e. The van der Waals surface area contributed by atoms with Crippen molar-refractivity contribution >= 4 is 35.8 Å². The van der Waals surface area contributed by atoms with E-state index in [0.29, 0.717) is 12.7 Å². The fourth-order valence-electron chi connectivity index (χ4n) is 3.82. The number of anilines is 1. The van der Waals surface area contributed by atoms with Crippen molar-refractivity contribution in [1.29, 1.82) is 0 Å². The zero-order chi connectivity index (χ0) is 20.2. The van der Waals surface area contributed by atoms with E-state index in [0.717, 1.165) is 70.4 Å². The SMILES string of the molecule is CN=C(NCCCOCC1CCCO1)NCc1ccnc(N2CCCCCC2)c1.I. The molecule has 8 heteroatoms. The lowest BCUT2D eigenvalue weighted by Gasteiger charge is -2.22. The van der Waals surface area contributed by atoms with Gasteiger partial charge in [0.05, 0.1) is 12.7 Å². The Morgan fingerprint density at radius 2 is 2.07 bits per heavy atom. The molecule has 1 atom stereocenters. The van der Waals surface area contributed by atoms with E-state index in [-0.39, 0.29) is 24.0 Å². The summed E-state index contributed by atoms with van der Waals surface area (Å²) < 4.78 is 11.3. The lowest BCUT2D eigenvalue weighted by molar-refractivity contribution is 0.0168. The van der Waals surface area contributed by atoms with Gasteiger partial charge in [0.25, 0.3) is 0 Å². The van der Waals surface area contributed by atoms with Gasteiger partial charge in [-0.3, -0.25) is 4.99 Å². The molecular formula is C22H38IN5O2. The zero-order valence-corrected chi connectivity index (χ0v) is 20.6. The molecule has 2 aliphatic heterocycles. The molecular weight excluding hydrogens is 493 g/mol. The Kier molecular flexibility index (Phi) is 12.4. The van der Waals surface area contributed by atoms with Crippen molar-refractivity contribution in [3.8, 4) is 0 Å². The third-order valence-corrected chi connectivity index (χ3v) is 5.51. The van der Waals surface area contributed by atoms with Gasteiger partial charge in [-0.15, -0.1) is 24.0 Å². The van der Waals surface area contributed by atoms with Crippen molar-refractivity contribution in [2.45, 2.75) is 57.6 Å². The van der Waals surface area contributed by atoms with E-state index in [2.05, 4.69) is 37.6 Å². The first kappa shape index (κ1) is 25.1. The number of nitrogens with zero attached hydrogens (tertiary/aromatic N) is 3. The van der Waals surface area contributed by atoms with Crippen LogP contribution in [0.5, 0.6) is 0 Å². The highest BCUT2D eigenvalue weighted by Crippen LogP contribution is 2.18. The molecule has 0 spiro atoms. The molecule has 0 saturated carbocycles. The smallest absolute Gasteiger partial charge is 0.191 e.